The minimum Gasteiger partial charge on any atom is -0.364 e. The van der Waals surface area contributed by atoms with Crippen molar-refractivity contribution < 1.29 is 9.59 Å². The van der Waals surface area contributed by atoms with E-state index in [1.807, 2.05) is 35.2 Å². The fourth-order valence-corrected chi connectivity index (χ4v) is 3.56. The van der Waals surface area contributed by atoms with Crippen molar-refractivity contribution in [1.29, 1.82) is 0 Å². The summed E-state index contributed by atoms with van der Waals surface area (Å²) in [6, 6.07) is 11.1. The summed E-state index contributed by atoms with van der Waals surface area (Å²) in [5.41, 5.74) is 6.65. The number of pyridine rings is 1. The normalized spacial score (nSPS) is 17.4. The van der Waals surface area contributed by atoms with Crippen LogP contribution in [0.1, 0.15) is 52.0 Å². The molecule has 1 aromatic carbocycles. The fourth-order valence-electron chi connectivity index (χ4n) is 3.56. The summed E-state index contributed by atoms with van der Waals surface area (Å²) in [4.78, 5) is 30.8. The lowest BCUT2D eigenvalue weighted by atomic mass is 9.98. The van der Waals surface area contributed by atoms with Crippen LogP contribution >= 0.6 is 0 Å². The van der Waals surface area contributed by atoms with Gasteiger partial charge in [-0.15, -0.1) is 0 Å². The predicted molar refractivity (Wildman–Crippen MR) is 96.5 cm³/mol. The number of aromatic amines is 1. The van der Waals surface area contributed by atoms with E-state index < -0.39 is 5.91 Å². The standard InChI is InChI=1S/C19H19N5O2/c20-18(25)15-11-14(22-23-15)16-7-3-4-10-24(16)19(26)17-13-6-2-1-5-12(13)8-9-21-17/h1-2,5-6,8-9,11,16H,3-4,7,10H2,(H2,20,25)(H,22,23)/t16-/m1/s1. The average molecular weight is 349 g/mol. The van der Waals surface area contributed by atoms with E-state index in [-0.39, 0.29) is 17.6 Å². The van der Waals surface area contributed by atoms with Crippen LogP contribution in [0.5, 0.6) is 0 Å². The summed E-state index contributed by atoms with van der Waals surface area (Å²) in [5, 5.41) is 8.64. The number of hydrogen-bond acceptors (Lipinski definition) is 4. The number of nitrogens with one attached hydrogen (secondary N) is 1. The Labute approximate surface area is 150 Å². The molecule has 26 heavy (non-hydrogen) atoms. The van der Waals surface area contributed by atoms with Crippen LogP contribution in [0.15, 0.2) is 42.6 Å². The molecular formula is C19H19N5O2. The van der Waals surface area contributed by atoms with Crippen LogP contribution in [-0.2, 0) is 0 Å². The zero-order valence-corrected chi connectivity index (χ0v) is 14.2. The number of carbonyl (C=O) groups is 2. The van der Waals surface area contributed by atoms with Crippen molar-refractivity contribution in [2.45, 2.75) is 25.3 Å². The lowest BCUT2D eigenvalue weighted by Gasteiger charge is -2.35. The number of amides is 2. The quantitative estimate of drug-likeness (QED) is 0.757. The lowest BCUT2D eigenvalue weighted by Crippen LogP contribution is -2.39. The van der Waals surface area contributed by atoms with Gasteiger partial charge in [-0.25, -0.2) is 0 Å². The van der Waals surface area contributed by atoms with Gasteiger partial charge in [-0.05, 0) is 36.8 Å². The van der Waals surface area contributed by atoms with E-state index in [1.165, 1.54) is 0 Å². The molecule has 0 bridgehead atoms. The van der Waals surface area contributed by atoms with Gasteiger partial charge in [0.05, 0.1) is 11.7 Å². The minimum absolute atomic E-state index is 0.110. The lowest BCUT2D eigenvalue weighted by molar-refractivity contribution is 0.0602. The molecule has 1 fully saturated rings. The van der Waals surface area contributed by atoms with Crippen molar-refractivity contribution in [2.75, 3.05) is 6.54 Å². The SMILES string of the molecule is NC(=O)c1cc([C@H]2CCCCN2C(=O)c2nccc3ccccc23)[nH]n1. The maximum absolute atomic E-state index is 13.3. The number of aromatic nitrogens is 3. The number of primary amides is 1. The fraction of sp³-hybridized carbons (Fsp3) is 0.263. The molecule has 1 aliphatic rings. The van der Waals surface area contributed by atoms with Gasteiger partial charge in [-0.1, -0.05) is 24.3 Å². The highest BCUT2D eigenvalue weighted by Crippen LogP contribution is 2.32. The molecule has 1 atom stereocenters. The van der Waals surface area contributed by atoms with E-state index in [9.17, 15) is 9.59 Å². The number of hydrogen-bond donors (Lipinski definition) is 2. The number of fused-ring (bicyclic) bond motifs is 1. The van der Waals surface area contributed by atoms with Crippen LogP contribution in [0.4, 0.5) is 0 Å². The van der Waals surface area contributed by atoms with Crippen LogP contribution < -0.4 is 5.73 Å². The Morgan fingerprint density at radius 1 is 1.19 bits per heavy atom. The number of rotatable bonds is 3. The van der Waals surface area contributed by atoms with E-state index in [2.05, 4.69) is 15.2 Å². The number of nitrogens with zero attached hydrogens (tertiary/aromatic N) is 3. The van der Waals surface area contributed by atoms with Gasteiger partial charge < -0.3 is 10.6 Å². The summed E-state index contributed by atoms with van der Waals surface area (Å²) in [6.07, 6.45) is 4.40. The summed E-state index contributed by atoms with van der Waals surface area (Å²) in [7, 11) is 0. The molecule has 0 spiro atoms. The van der Waals surface area contributed by atoms with Crippen LogP contribution in [0.3, 0.4) is 0 Å². The molecule has 2 aromatic heterocycles. The Bertz CT molecular complexity index is 975. The molecule has 3 N–H and O–H groups in total. The van der Waals surface area contributed by atoms with Crippen molar-refractivity contribution in [3.05, 3.63) is 59.7 Å². The molecule has 1 saturated heterocycles. The van der Waals surface area contributed by atoms with Gasteiger partial charge in [0.1, 0.15) is 11.4 Å². The largest absolute Gasteiger partial charge is 0.364 e. The summed E-state index contributed by atoms with van der Waals surface area (Å²) in [6.45, 7) is 0.638. The van der Waals surface area contributed by atoms with Gasteiger partial charge in [0.15, 0.2) is 0 Å². The number of likely N-dealkylation sites (tertiary alicyclic amines) is 1. The highest BCUT2D eigenvalue weighted by molar-refractivity contribution is 6.05. The molecule has 132 valence electrons. The number of piperidine rings is 1. The third-order valence-corrected chi connectivity index (χ3v) is 4.85. The van der Waals surface area contributed by atoms with Crippen molar-refractivity contribution in [3.63, 3.8) is 0 Å². The molecule has 0 unspecified atom stereocenters. The van der Waals surface area contributed by atoms with Crippen LogP contribution in [0, 0.1) is 0 Å². The van der Waals surface area contributed by atoms with Crippen LogP contribution in [-0.4, -0.2) is 38.4 Å². The van der Waals surface area contributed by atoms with Gasteiger partial charge in [0.2, 0.25) is 0 Å². The Balaban J connectivity index is 1.71. The second-order valence-electron chi connectivity index (χ2n) is 6.46. The molecule has 0 aliphatic carbocycles. The number of benzene rings is 1. The van der Waals surface area contributed by atoms with Gasteiger partial charge in [0, 0.05) is 18.1 Å². The Morgan fingerprint density at radius 2 is 2.04 bits per heavy atom. The van der Waals surface area contributed by atoms with E-state index in [4.69, 9.17) is 5.73 Å². The summed E-state index contributed by atoms with van der Waals surface area (Å²) < 4.78 is 0. The molecule has 2 amide bonds. The first-order chi connectivity index (χ1) is 12.6. The first-order valence-electron chi connectivity index (χ1n) is 8.65. The number of nitrogens with two attached hydrogens (primary N) is 1. The van der Waals surface area contributed by atoms with Crippen LogP contribution in [0.25, 0.3) is 10.8 Å². The molecule has 0 saturated carbocycles. The van der Waals surface area contributed by atoms with E-state index in [0.717, 1.165) is 35.7 Å². The van der Waals surface area contributed by atoms with Crippen molar-refractivity contribution in [3.8, 4) is 0 Å². The number of carbonyl (C=O) groups excluding carboxylic acids is 2. The zero-order valence-electron chi connectivity index (χ0n) is 14.2. The number of H-pyrrole nitrogens is 1. The molecule has 0 radical (unpaired) electrons. The van der Waals surface area contributed by atoms with Gasteiger partial charge in [0.25, 0.3) is 11.8 Å². The summed E-state index contributed by atoms with van der Waals surface area (Å²) in [5.74, 6) is -0.696. The topological polar surface area (TPSA) is 105 Å². The monoisotopic (exact) mass is 349 g/mol. The zero-order chi connectivity index (χ0) is 18.1. The highest BCUT2D eigenvalue weighted by atomic mass is 16.2. The van der Waals surface area contributed by atoms with Gasteiger partial charge in [-0.3, -0.25) is 19.7 Å². The van der Waals surface area contributed by atoms with Crippen molar-refractivity contribution in [2.24, 2.45) is 5.73 Å². The Morgan fingerprint density at radius 3 is 2.85 bits per heavy atom. The Hall–Kier alpha value is -3.22. The van der Waals surface area contributed by atoms with E-state index in [0.29, 0.717) is 12.2 Å². The van der Waals surface area contributed by atoms with Crippen molar-refractivity contribution >= 4 is 22.6 Å². The first kappa shape index (κ1) is 16.3. The highest BCUT2D eigenvalue weighted by Gasteiger charge is 2.31. The average Bonchev–Trinajstić information content (AvgIpc) is 3.17. The van der Waals surface area contributed by atoms with Crippen molar-refractivity contribution in [1.82, 2.24) is 20.1 Å². The molecule has 4 rings (SSSR count). The third-order valence-electron chi connectivity index (χ3n) is 4.85. The predicted octanol–water partition coefficient (Wildman–Crippen LogP) is 2.42. The van der Waals surface area contributed by atoms with Gasteiger partial charge in [-0.2, -0.15) is 5.10 Å². The van der Waals surface area contributed by atoms with E-state index in [1.54, 1.807) is 12.3 Å². The molecule has 1 aliphatic heterocycles. The second-order valence-corrected chi connectivity index (χ2v) is 6.46. The smallest absolute Gasteiger partial charge is 0.273 e. The minimum atomic E-state index is -0.586. The Kier molecular flexibility index (Phi) is 4.12. The maximum atomic E-state index is 13.3. The maximum Gasteiger partial charge on any atom is 0.273 e. The van der Waals surface area contributed by atoms with Crippen LogP contribution in [0.2, 0.25) is 0 Å². The van der Waals surface area contributed by atoms with E-state index >= 15 is 0 Å². The van der Waals surface area contributed by atoms with Gasteiger partial charge >= 0.3 is 0 Å². The summed E-state index contributed by atoms with van der Waals surface area (Å²) >= 11 is 0. The molecule has 3 aromatic rings. The molecular weight excluding hydrogens is 330 g/mol. The molecule has 7 nitrogen and oxygen atoms in total. The second kappa shape index (κ2) is 6.59. The molecule has 7 heteroatoms. The molecule has 3 heterocycles. The third kappa shape index (κ3) is 2.81. The first-order valence-corrected chi connectivity index (χ1v) is 8.65.